The Morgan fingerprint density at radius 3 is 2.59 bits per heavy atom. The maximum absolute atomic E-state index is 12.8. The zero-order valence-corrected chi connectivity index (χ0v) is 17.6. The molecule has 0 atom stereocenters. The van der Waals surface area contributed by atoms with Gasteiger partial charge in [0.15, 0.2) is 5.76 Å². The largest absolute Gasteiger partial charge is 0.452 e. The van der Waals surface area contributed by atoms with Crippen LogP contribution in [0.5, 0.6) is 11.5 Å². The van der Waals surface area contributed by atoms with Crippen molar-refractivity contribution < 1.29 is 19.1 Å². The van der Waals surface area contributed by atoms with E-state index in [1.165, 1.54) is 6.07 Å². The van der Waals surface area contributed by atoms with Crippen LogP contribution < -0.4 is 9.47 Å². The molecule has 4 nitrogen and oxygen atoms in total. The van der Waals surface area contributed by atoms with Crippen molar-refractivity contribution in [1.82, 2.24) is 0 Å². The Morgan fingerprint density at radius 2 is 1.83 bits per heavy atom. The van der Waals surface area contributed by atoms with Crippen LogP contribution in [-0.4, -0.2) is 11.8 Å². The Balaban J connectivity index is 1.64. The van der Waals surface area contributed by atoms with Crippen molar-refractivity contribution in [3.05, 3.63) is 98.2 Å². The van der Waals surface area contributed by atoms with Gasteiger partial charge in [0.25, 0.3) is 0 Å². The van der Waals surface area contributed by atoms with Gasteiger partial charge in [-0.3, -0.25) is 4.79 Å². The predicted molar refractivity (Wildman–Crippen MR) is 115 cm³/mol. The second kappa shape index (κ2) is 7.85. The number of aryl methyl sites for hydroxylation is 1. The molecule has 0 aliphatic carbocycles. The molecule has 29 heavy (non-hydrogen) atoms. The molecular weight excluding hydrogens is 456 g/mol. The molecule has 144 valence electrons. The van der Waals surface area contributed by atoms with Crippen molar-refractivity contribution in [2.45, 2.75) is 6.92 Å². The summed E-state index contributed by atoms with van der Waals surface area (Å²) in [7, 11) is 0. The summed E-state index contributed by atoms with van der Waals surface area (Å²) in [4.78, 5) is 25.2. The topological polar surface area (TPSA) is 52.6 Å². The molecule has 0 unspecified atom stereocenters. The molecule has 0 fully saturated rings. The summed E-state index contributed by atoms with van der Waals surface area (Å²) in [6.07, 6.45) is 1.68. The quantitative estimate of drug-likeness (QED) is 0.259. The molecule has 0 N–H and O–H groups in total. The molecule has 0 bridgehead atoms. The predicted octanol–water partition coefficient (Wildman–Crippen LogP) is 6.25. The highest BCUT2D eigenvalue weighted by atomic mass is 79.9. The van der Waals surface area contributed by atoms with Gasteiger partial charge in [-0.05, 0) is 48.4 Å². The number of hydrogen-bond donors (Lipinski definition) is 0. The Bertz CT molecular complexity index is 1180. The van der Waals surface area contributed by atoms with Crippen LogP contribution >= 0.6 is 27.5 Å². The van der Waals surface area contributed by atoms with Gasteiger partial charge in [-0.15, -0.1) is 0 Å². The number of halogens is 2. The van der Waals surface area contributed by atoms with Gasteiger partial charge in [0.05, 0.1) is 16.1 Å². The third-order valence-electron chi connectivity index (χ3n) is 4.44. The molecule has 6 heteroatoms. The van der Waals surface area contributed by atoms with Gasteiger partial charge in [0, 0.05) is 10.5 Å². The highest BCUT2D eigenvalue weighted by molar-refractivity contribution is 9.10. The molecule has 3 aromatic carbocycles. The number of ketones is 1. The van der Waals surface area contributed by atoms with E-state index in [2.05, 4.69) is 15.9 Å². The van der Waals surface area contributed by atoms with Crippen molar-refractivity contribution in [2.24, 2.45) is 0 Å². The molecule has 3 aromatic rings. The number of carbonyl (C=O) groups is 2. The zero-order valence-electron chi connectivity index (χ0n) is 15.2. The summed E-state index contributed by atoms with van der Waals surface area (Å²) in [5, 5.41) is 0.306. The number of ether oxygens (including phenoxy) is 2. The number of allylic oxidation sites excluding steroid dienone is 1. The summed E-state index contributed by atoms with van der Waals surface area (Å²) >= 11 is 9.52. The van der Waals surface area contributed by atoms with Gasteiger partial charge >= 0.3 is 5.97 Å². The first-order valence-electron chi connectivity index (χ1n) is 8.74. The standard InChI is InChI=1S/C23H14BrClO4/c1-13-10-15(28-23(27)16-7-3-5-9-18(16)25)12-19-21(13)22(26)20(29-19)11-14-6-2-4-8-17(14)24/h2-12H,1H3/b20-11-. The van der Waals surface area contributed by atoms with Crippen molar-refractivity contribution >= 4 is 45.4 Å². The highest BCUT2D eigenvalue weighted by Crippen LogP contribution is 2.38. The fourth-order valence-corrected chi connectivity index (χ4v) is 3.67. The summed E-state index contributed by atoms with van der Waals surface area (Å²) in [5.41, 5.74) is 2.20. The van der Waals surface area contributed by atoms with Crippen molar-refractivity contribution in [1.29, 1.82) is 0 Å². The first-order valence-corrected chi connectivity index (χ1v) is 9.91. The summed E-state index contributed by atoms with van der Waals surface area (Å²) < 4.78 is 12.1. The van der Waals surface area contributed by atoms with E-state index in [-0.39, 0.29) is 22.9 Å². The molecule has 0 saturated heterocycles. The molecule has 1 aliphatic heterocycles. The van der Waals surface area contributed by atoms with Crippen LogP contribution in [0.2, 0.25) is 5.02 Å². The van der Waals surface area contributed by atoms with E-state index in [9.17, 15) is 9.59 Å². The Hall–Kier alpha value is -2.89. The van der Waals surface area contributed by atoms with Crippen molar-refractivity contribution in [3.63, 3.8) is 0 Å². The van der Waals surface area contributed by atoms with Crippen LogP contribution in [0, 0.1) is 6.92 Å². The molecule has 0 amide bonds. The van der Waals surface area contributed by atoms with E-state index >= 15 is 0 Å². The normalized spacial score (nSPS) is 13.9. The lowest BCUT2D eigenvalue weighted by molar-refractivity contribution is 0.0734. The zero-order chi connectivity index (χ0) is 20.5. The van der Waals surface area contributed by atoms with Gasteiger partial charge in [-0.25, -0.2) is 4.79 Å². The van der Waals surface area contributed by atoms with Gasteiger partial charge in [0.1, 0.15) is 11.5 Å². The van der Waals surface area contributed by atoms with Crippen LogP contribution in [0.3, 0.4) is 0 Å². The maximum Gasteiger partial charge on any atom is 0.345 e. The minimum absolute atomic E-state index is 0.211. The average molecular weight is 470 g/mol. The van der Waals surface area contributed by atoms with E-state index in [0.29, 0.717) is 21.9 Å². The second-order valence-corrected chi connectivity index (χ2v) is 7.71. The fraction of sp³-hybridized carbons (Fsp3) is 0.0435. The van der Waals surface area contributed by atoms with Crippen LogP contribution in [0.25, 0.3) is 6.08 Å². The second-order valence-electron chi connectivity index (χ2n) is 6.44. The number of carbonyl (C=O) groups excluding carboxylic acids is 2. The van der Waals surface area contributed by atoms with Gasteiger partial charge in [-0.2, -0.15) is 0 Å². The molecular formula is C23H14BrClO4. The molecule has 0 spiro atoms. The van der Waals surface area contributed by atoms with Gasteiger partial charge in [-0.1, -0.05) is 57.9 Å². The van der Waals surface area contributed by atoms with Crippen LogP contribution in [0.1, 0.15) is 31.8 Å². The van der Waals surface area contributed by atoms with Crippen LogP contribution in [-0.2, 0) is 0 Å². The lowest BCUT2D eigenvalue weighted by Crippen LogP contribution is -2.09. The fourth-order valence-electron chi connectivity index (χ4n) is 3.06. The number of Topliss-reactive ketones (excluding diaryl/α,β-unsaturated/α-hetero) is 1. The van der Waals surface area contributed by atoms with Crippen molar-refractivity contribution in [3.8, 4) is 11.5 Å². The molecule has 0 saturated carbocycles. The van der Waals surface area contributed by atoms with Crippen LogP contribution in [0.4, 0.5) is 0 Å². The number of fused-ring (bicyclic) bond motifs is 1. The average Bonchev–Trinajstić information content (AvgIpc) is 2.99. The number of benzene rings is 3. The number of esters is 1. The summed E-state index contributed by atoms with van der Waals surface area (Å²) in [5.74, 6) is 0.0569. The number of rotatable bonds is 3. The SMILES string of the molecule is Cc1cc(OC(=O)c2ccccc2Cl)cc2c1C(=O)/C(=C/c1ccccc1Br)O2. The Morgan fingerprint density at radius 1 is 1.10 bits per heavy atom. The first-order chi connectivity index (χ1) is 13.9. The van der Waals surface area contributed by atoms with Crippen molar-refractivity contribution in [2.75, 3.05) is 0 Å². The van der Waals surface area contributed by atoms with E-state index in [0.717, 1.165) is 10.0 Å². The Labute approximate surface area is 180 Å². The lowest BCUT2D eigenvalue weighted by atomic mass is 10.0. The van der Waals surface area contributed by atoms with Gasteiger partial charge < -0.3 is 9.47 Å². The maximum atomic E-state index is 12.8. The smallest absolute Gasteiger partial charge is 0.345 e. The monoisotopic (exact) mass is 468 g/mol. The van der Waals surface area contributed by atoms with E-state index in [4.69, 9.17) is 21.1 Å². The van der Waals surface area contributed by atoms with Crippen LogP contribution in [0.15, 0.2) is 70.9 Å². The Kier molecular flexibility index (Phi) is 5.26. The molecule has 0 radical (unpaired) electrons. The van der Waals surface area contributed by atoms with E-state index < -0.39 is 5.97 Å². The molecule has 0 aromatic heterocycles. The summed E-state index contributed by atoms with van der Waals surface area (Å²) in [6.45, 7) is 1.77. The third-order valence-corrected chi connectivity index (χ3v) is 5.49. The van der Waals surface area contributed by atoms with E-state index in [1.807, 2.05) is 24.3 Å². The molecule has 4 rings (SSSR count). The molecule has 1 heterocycles. The van der Waals surface area contributed by atoms with E-state index in [1.54, 1.807) is 43.3 Å². The highest BCUT2D eigenvalue weighted by Gasteiger charge is 2.30. The number of hydrogen-bond acceptors (Lipinski definition) is 4. The molecule has 1 aliphatic rings. The first kappa shape index (κ1) is 19.4. The lowest BCUT2D eigenvalue weighted by Gasteiger charge is -2.08. The van der Waals surface area contributed by atoms with Gasteiger partial charge in [0.2, 0.25) is 5.78 Å². The minimum Gasteiger partial charge on any atom is -0.452 e. The summed E-state index contributed by atoms with van der Waals surface area (Å²) in [6, 6.07) is 17.3. The third kappa shape index (κ3) is 3.84. The minimum atomic E-state index is -0.580.